The number of hydrogen-bond donors (Lipinski definition) is 2. The molecule has 1 aromatic rings. The van der Waals surface area contributed by atoms with Crippen LogP contribution < -0.4 is 11.1 Å². The molecule has 4 aliphatic carbocycles. The zero-order chi connectivity index (χ0) is 22.0. The molecule has 1 saturated heterocycles. The molecule has 0 aromatic heterocycles. The number of primary amides is 1. The number of nitrogens with two attached hydrogens (primary N) is 1. The zero-order valence-electron chi connectivity index (χ0n) is 17.0. The van der Waals surface area contributed by atoms with Crippen LogP contribution in [0, 0.1) is 29.0 Å². The van der Waals surface area contributed by atoms with Crippen molar-refractivity contribution in [2.75, 3.05) is 12.3 Å². The molecule has 3 unspecified atom stereocenters. The monoisotopic (exact) mass is 467 g/mol. The van der Waals surface area contributed by atoms with Gasteiger partial charge in [-0.05, 0) is 62.0 Å². The lowest BCUT2D eigenvalue weighted by atomic mass is 9.47. The summed E-state index contributed by atoms with van der Waals surface area (Å²) in [6.07, 6.45) is 4.16. The average Bonchev–Trinajstić information content (AvgIpc) is 3.21. The summed E-state index contributed by atoms with van der Waals surface area (Å²) in [5.74, 6) is -0.0983. The number of carbonyl (C=O) groups is 2. The third-order valence-electron chi connectivity index (χ3n) is 7.60. The highest BCUT2D eigenvalue weighted by atomic mass is 32.2. The maximum Gasteiger partial charge on any atom is 0.248 e. The first-order valence-corrected chi connectivity index (χ1v) is 13.2. The van der Waals surface area contributed by atoms with Gasteiger partial charge in [-0.15, -0.1) is 11.8 Å². The fraction of sp³-hybridized carbons (Fsp3) is 0.619. The molecule has 3 N–H and O–H groups in total. The summed E-state index contributed by atoms with van der Waals surface area (Å²) in [5, 5.41) is 2.19. The molecule has 1 aromatic carbocycles. The number of nitrogens with zero attached hydrogens (tertiary/aromatic N) is 1. The van der Waals surface area contributed by atoms with E-state index >= 15 is 0 Å². The van der Waals surface area contributed by atoms with Crippen LogP contribution in [0.2, 0.25) is 0 Å². The molecule has 1 heterocycles. The number of amides is 2. The molecular formula is C21H26FN3O4S2. The normalized spacial score (nSPS) is 37.1. The molecule has 2 amide bonds. The van der Waals surface area contributed by atoms with Gasteiger partial charge < -0.3 is 11.1 Å². The van der Waals surface area contributed by atoms with Crippen molar-refractivity contribution in [2.24, 2.45) is 28.9 Å². The number of benzene rings is 1. The van der Waals surface area contributed by atoms with E-state index in [-0.39, 0.29) is 36.2 Å². The van der Waals surface area contributed by atoms with Crippen molar-refractivity contribution < 1.29 is 22.4 Å². The summed E-state index contributed by atoms with van der Waals surface area (Å²) in [6, 6.07) is 5.16. The number of carbonyl (C=O) groups excluding carboxylic acids is 2. The molecule has 0 spiro atoms. The first-order chi connectivity index (χ1) is 14.7. The van der Waals surface area contributed by atoms with Gasteiger partial charge >= 0.3 is 0 Å². The van der Waals surface area contributed by atoms with E-state index in [1.807, 2.05) is 0 Å². The summed E-state index contributed by atoms with van der Waals surface area (Å²) in [5.41, 5.74) is 5.29. The van der Waals surface area contributed by atoms with Crippen LogP contribution >= 0.6 is 11.8 Å². The summed E-state index contributed by atoms with van der Waals surface area (Å²) in [7, 11) is -4.13. The molecule has 0 radical (unpaired) electrons. The van der Waals surface area contributed by atoms with Gasteiger partial charge in [0, 0.05) is 23.8 Å². The number of halogens is 1. The lowest BCUT2D eigenvalue weighted by molar-refractivity contribution is -0.147. The fourth-order valence-corrected chi connectivity index (χ4v) is 9.64. The molecule has 1 aliphatic heterocycles. The van der Waals surface area contributed by atoms with Crippen molar-refractivity contribution >= 4 is 33.6 Å². The predicted octanol–water partition coefficient (Wildman–Crippen LogP) is 1.69. The van der Waals surface area contributed by atoms with Gasteiger partial charge in [-0.2, -0.15) is 4.31 Å². The Kier molecular flexibility index (Phi) is 5.10. The highest BCUT2D eigenvalue weighted by Crippen LogP contribution is 2.60. The molecule has 5 aliphatic rings. The smallest absolute Gasteiger partial charge is 0.248 e. The van der Waals surface area contributed by atoms with Crippen LogP contribution in [0.5, 0.6) is 0 Å². The minimum Gasteiger partial charge on any atom is -0.369 e. The molecule has 168 valence electrons. The summed E-state index contributed by atoms with van der Waals surface area (Å²) in [4.78, 5) is 24.9. The lowest BCUT2D eigenvalue weighted by Gasteiger charge is -2.58. The Hall–Kier alpha value is -1.65. The first-order valence-electron chi connectivity index (χ1n) is 10.7. The number of thioether (sulfide) groups is 1. The Labute approximate surface area is 185 Å². The average molecular weight is 468 g/mol. The van der Waals surface area contributed by atoms with Crippen molar-refractivity contribution in [3.05, 3.63) is 30.1 Å². The highest BCUT2D eigenvalue weighted by Gasteiger charge is 2.58. The van der Waals surface area contributed by atoms with Crippen LogP contribution in [0.3, 0.4) is 0 Å². The molecule has 10 heteroatoms. The molecule has 4 saturated carbocycles. The Morgan fingerprint density at radius 2 is 1.84 bits per heavy atom. The van der Waals surface area contributed by atoms with Crippen LogP contribution in [-0.4, -0.2) is 48.3 Å². The van der Waals surface area contributed by atoms with Gasteiger partial charge in [0.25, 0.3) is 0 Å². The van der Waals surface area contributed by atoms with Crippen molar-refractivity contribution in [2.45, 2.75) is 48.4 Å². The third-order valence-corrected chi connectivity index (χ3v) is 10.8. The minimum absolute atomic E-state index is 0.0734. The molecule has 5 fully saturated rings. The fourth-order valence-electron chi connectivity index (χ4n) is 6.48. The second-order valence-electron chi connectivity index (χ2n) is 9.42. The topological polar surface area (TPSA) is 110 Å². The molecule has 31 heavy (non-hydrogen) atoms. The van der Waals surface area contributed by atoms with E-state index in [4.69, 9.17) is 5.73 Å². The maximum atomic E-state index is 14.2. The van der Waals surface area contributed by atoms with E-state index < -0.39 is 31.5 Å². The van der Waals surface area contributed by atoms with Crippen molar-refractivity contribution in [1.82, 2.24) is 9.62 Å². The number of hydrogen-bond acceptors (Lipinski definition) is 5. The first kappa shape index (κ1) is 21.2. The zero-order valence-corrected chi connectivity index (χ0v) is 18.6. The quantitative estimate of drug-likeness (QED) is 0.685. The molecule has 3 atom stereocenters. The second-order valence-corrected chi connectivity index (χ2v) is 12.5. The van der Waals surface area contributed by atoms with Crippen LogP contribution in [0.25, 0.3) is 0 Å². The van der Waals surface area contributed by atoms with Gasteiger partial charge in [-0.3, -0.25) is 9.59 Å². The van der Waals surface area contributed by atoms with Crippen LogP contribution in [0.15, 0.2) is 29.2 Å². The standard InChI is InChI=1S/C21H26FN3O4S2/c22-15-3-1-2-4-16(15)31(28,29)25-5-6-30-19(25)18(26)24-17-13-7-12-8-14(17)11-21(9-12,10-13)20(23)27/h1-4,12-14,17,19H,5-11H2,(H2,23,27)(H,24,26). The second kappa shape index (κ2) is 7.45. The minimum atomic E-state index is -4.13. The van der Waals surface area contributed by atoms with Crippen LogP contribution in [-0.2, 0) is 19.6 Å². The lowest BCUT2D eigenvalue weighted by Crippen LogP contribution is -2.63. The van der Waals surface area contributed by atoms with Gasteiger partial charge in [-0.1, -0.05) is 12.1 Å². The Balaban J connectivity index is 1.34. The van der Waals surface area contributed by atoms with Crippen LogP contribution in [0.4, 0.5) is 4.39 Å². The highest BCUT2D eigenvalue weighted by molar-refractivity contribution is 8.02. The number of sulfonamides is 1. The molecular weight excluding hydrogens is 441 g/mol. The van der Waals surface area contributed by atoms with Crippen molar-refractivity contribution in [1.29, 1.82) is 0 Å². The Morgan fingerprint density at radius 3 is 2.48 bits per heavy atom. The summed E-state index contributed by atoms with van der Waals surface area (Å²) >= 11 is 1.25. The largest absolute Gasteiger partial charge is 0.369 e. The molecule has 7 nitrogen and oxygen atoms in total. The summed E-state index contributed by atoms with van der Waals surface area (Å²) in [6.45, 7) is 0.157. The van der Waals surface area contributed by atoms with Gasteiger partial charge in [0.05, 0.1) is 0 Å². The summed E-state index contributed by atoms with van der Waals surface area (Å²) < 4.78 is 41.4. The van der Waals surface area contributed by atoms with E-state index in [0.717, 1.165) is 29.6 Å². The Bertz CT molecular complexity index is 1020. The molecule has 4 bridgehead atoms. The van der Waals surface area contributed by atoms with E-state index in [0.29, 0.717) is 24.5 Å². The predicted molar refractivity (Wildman–Crippen MR) is 114 cm³/mol. The van der Waals surface area contributed by atoms with Gasteiger partial charge in [-0.25, -0.2) is 12.8 Å². The van der Waals surface area contributed by atoms with E-state index in [2.05, 4.69) is 5.32 Å². The van der Waals surface area contributed by atoms with Gasteiger partial charge in [0.1, 0.15) is 16.1 Å². The maximum absolute atomic E-state index is 14.2. The van der Waals surface area contributed by atoms with Gasteiger partial charge in [0.15, 0.2) is 0 Å². The van der Waals surface area contributed by atoms with E-state index in [1.165, 1.54) is 30.0 Å². The Morgan fingerprint density at radius 1 is 1.16 bits per heavy atom. The SMILES string of the molecule is NC(=O)C12CC3CC(C1)C(NC(=O)C1SCCN1S(=O)(=O)c1ccccc1F)C(C3)C2. The number of rotatable bonds is 5. The van der Waals surface area contributed by atoms with Gasteiger partial charge in [0.2, 0.25) is 21.8 Å². The van der Waals surface area contributed by atoms with Crippen molar-refractivity contribution in [3.8, 4) is 0 Å². The number of nitrogens with one attached hydrogen (secondary N) is 1. The van der Waals surface area contributed by atoms with Crippen molar-refractivity contribution in [3.63, 3.8) is 0 Å². The van der Waals surface area contributed by atoms with E-state index in [9.17, 15) is 22.4 Å². The van der Waals surface area contributed by atoms with Crippen LogP contribution in [0.1, 0.15) is 32.1 Å². The molecule has 6 rings (SSSR count). The third kappa shape index (κ3) is 3.38. The van der Waals surface area contributed by atoms with E-state index in [1.54, 1.807) is 0 Å².